The second-order valence-corrected chi connectivity index (χ2v) is 7.60. The molecule has 2 N–H and O–H groups in total. The van der Waals surface area contributed by atoms with E-state index in [1.54, 1.807) is 4.90 Å². The molecular weight excluding hydrogens is 272 g/mol. The van der Waals surface area contributed by atoms with Gasteiger partial charge in [0.25, 0.3) is 0 Å². The van der Waals surface area contributed by atoms with E-state index in [0.717, 1.165) is 0 Å². The molecular formula is C15H28N2O4. The van der Waals surface area contributed by atoms with Crippen molar-refractivity contribution >= 4 is 12.1 Å². The van der Waals surface area contributed by atoms with Gasteiger partial charge in [-0.3, -0.25) is 4.79 Å². The van der Waals surface area contributed by atoms with Gasteiger partial charge in [-0.05, 0) is 41.5 Å². The highest BCUT2D eigenvalue weighted by atomic mass is 16.6. The molecule has 1 saturated heterocycles. The normalized spacial score (nSPS) is 23.1. The molecule has 0 saturated carbocycles. The Balaban J connectivity index is 2.53. The van der Waals surface area contributed by atoms with Gasteiger partial charge >= 0.3 is 12.1 Å². The summed E-state index contributed by atoms with van der Waals surface area (Å²) in [6.07, 6.45) is -0.165. The van der Waals surface area contributed by atoms with Crippen molar-refractivity contribution in [1.29, 1.82) is 0 Å². The third kappa shape index (κ3) is 6.33. The molecule has 0 aromatic carbocycles. The van der Waals surface area contributed by atoms with E-state index in [-0.39, 0.29) is 30.4 Å². The summed E-state index contributed by atoms with van der Waals surface area (Å²) in [7, 11) is 0. The van der Waals surface area contributed by atoms with Crippen LogP contribution in [0.15, 0.2) is 0 Å². The largest absolute Gasteiger partial charge is 0.460 e. The predicted molar refractivity (Wildman–Crippen MR) is 79.7 cm³/mol. The summed E-state index contributed by atoms with van der Waals surface area (Å²) < 4.78 is 10.6. The number of rotatable bonds is 2. The number of esters is 1. The number of ether oxygens (including phenoxy) is 2. The van der Waals surface area contributed by atoms with Crippen LogP contribution in [0.25, 0.3) is 0 Å². The Bertz CT molecular complexity index is 395. The molecule has 2 atom stereocenters. The summed E-state index contributed by atoms with van der Waals surface area (Å²) in [5, 5.41) is 0. The van der Waals surface area contributed by atoms with Crippen LogP contribution >= 0.6 is 0 Å². The maximum Gasteiger partial charge on any atom is 0.410 e. The van der Waals surface area contributed by atoms with Gasteiger partial charge in [0.05, 0.1) is 6.42 Å². The van der Waals surface area contributed by atoms with Crippen molar-refractivity contribution in [3.05, 3.63) is 0 Å². The van der Waals surface area contributed by atoms with Crippen molar-refractivity contribution in [2.45, 2.75) is 65.2 Å². The van der Waals surface area contributed by atoms with Crippen molar-refractivity contribution in [2.24, 2.45) is 11.7 Å². The van der Waals surface area contributed by atoms with E-state index in [9.17, 15) is 9.59 Å². The smallest absolute Gasteiger partial charge is 0.410 e. The molecule has 1 aliphatic heterocycles. The first kappa shape index (κ1) is 17.8. The van der Waals surface area contributed by atoms with Crippen LogP contribution in [0.2, 0.25) is 0 Å². The molecule has 1 amide bonds. The van der Waals surface area contributed by atoms with Crippen LogP contribution in [0.1, 0.15) is 48.0 Å². The van der Waals surface area contributed by atoms with Gasteiger partial charge in [0.15, 0.2) is 0 Å². The number of hydrogen-bond acceptors (Lipinski definition) is 5. The summed E-state index contributed by atoms with van der Waals surface area (Å²) in [6.45, 7) is 11.8. The lowest BCUT2D eigenvalue weighted by molar-refractivity contribution is -0.156. The number of hydrogen-bond donors (Lipinski definition) is 1. The molecule has 1 heterocycles. The Morgan fingerprint density at radius 3 is 2.05 bits per heavy atom. The van der Waals surface area contributed by atoms with Crippen molar-refractivity contribution in [2.75, 3.05) is 13.1 Å². The lowest BCUT2D eigenvalue weighted by Gasteiger charge is -2.24. The first-order valence-electron chi connectivity index (χ1n) is 7.33. The zero-order valence-electron chi connectivity index (χ0n) is 13.9. The van der Waals surface area contributed by atoms with Gasteiger partial charge in [-0.1, -0.05) is 0 Å². The molecule has 1 aliphatic rings. The maximum atomic E-state index is 12.0. The monoisotopic (exact) mass is 300 g/mol. The van der Waals surface area contributed by atoms with Gasteiger partial charge in [-0.15, -0.1) is 0 Å². The predicted octanol–water partition coefficient (Wildman–Crippen LogP) is 1.91. The van der Waals surface area contributed by atoms with E-state index in [2.05, 4.69) is 0 Å². The maximum absolute atomic E-state index is 12.0. The quantitative estimate of drug-likeness (QED) is 0.788. The van der Waals surface area contributed by atoms with Gasteiger partial charge in [0, 0.05) is 25.0 Å². The molecule has 0 aromatic rings. The number of nitrogens with two attached hydrogens (primary N) is 1. The van der Waals surface area contributed by atoms with Crippen LogP contribution in [-0.2, 0) is 14.3 Å². The highest BCUT2D eigenvalue weighted by Crippen LogP contribution is 2.22. The van der Waals surface area contributed by atoms with Crippen molar-refractivity contribution in [3.8, 4) is 0 Å². The summed E-state index contributed by atoms with van der Waals surface area (Å²) in [6, 6.07) is -0.231. The van der Waals surface area contributed by atoms with Crippen LogP contribution in [0.3, 0.4) is 0 Å². The van der Waals surface area contributed by atoms with E-state index in [1.165, 1.54) is 0 Å². The van der Waals surface area contributed by atoms with E-state index in [4.69, 9.17) is 15.2 Å². The minimum absolute atomic E-state index is 0.0904. The minimum atomic E-state index is -0.537. The van der Waals surface area contributed by atoms with Gasteiger partial charge in [-0.2, -0.15) is 0 Å². The SMILES string of the molecule is CC(C)(C)OC(=O)C[C@H]1CN(C(=O)OC(C)(C)C)C[C@@H]1N. The molecule has 0 unspecified atom stereocenters. The molecule has 21 heavy (non-hydrogen) atoms. The third-order valence-electron chi connectivity index (χ3n) is 2.99. The van der Waals surface area contributed by atoms with Gasteiger partial charge in [0.2, 0.25) is 0 Å². The van der Waals surface area contributed by atoms with E-state index in [1.807, 2.05) is 41.5 Å². The van der Waals surface area contributed by atoms with Gasteiger partial charge < -0.3 is 20.1 Å². The van der Waals surface area contributed by atoms with Crippen LogP contribution in [0, 0.1) is 5.92 Å². The molecule has 6 nitrogen and oxygen atoms in total. The standard InChI is InChI=1S/C15H28N2O4/c1-14(2,3)20-12(18)7-10-8-17(9-11(10)16)13(19)21-15(4,5)6/h10-11H,7-9,16H2,1-6H3/t10-,11-/m0/s1. The summed E-state index contributed by atoms with van der Waals surface area (Å²) in [5.41, 5.74) is 4.98. The summed E-state index contributed by atoms with van der Waals surface area (Å²) in [5.74, 6) is -0.374. The topological polar surface area (TPSA) is 81.9 Å². The Labute approximate surface area is 126 Å². The van der Waals surface area contributed by atoms with Crippen LogP contribution in [0.4, 0.5) is 4.79 Å². The fourth-order valence-corrected chi connectivity index (χ4v) is 2.19. The average molecular weight is 300 g/mol. The van der Waals surface area contributed by atoms with Crippen LogP contribution in [0.5, 0.6) is 0 Å². The highest BCUT2D eigenvalue weighted by Gasteiger charge is 2.37. The number of amides is 1. The lowest BCUT2D eigenvalue weighted by atomic mass is 10.0. The Kier molecular flexibility index (Phi) is 5.25. The Morgan fingerprint density at radius 2 is 1.57 bits per heavy atom. The second kappa shape index (κ2) is 6.22. The molecule has 1 rings (SSSR count). The number of carbonyl (C=O) groups excluding carboxylic acids is 2. The Hall–Kier alpha value is -1.30. The first-order valence-corrected chi connectivity index (χ1v) is 7.33. The van der Waals surface area contributed by atoms with Crippen LogP contribution < -0.4 is 5.73 Å². The molecule has 1 fully saturated rings. The number of nitrogens with zero attached hydrogens (tertiary/aromatic N) is 1. The van der Waals surface area contributed by atoms with Crippen molar-refractivity contribution < 1.29 is 19.1 Å². The molecule has 0 aromatic heterocycles. The Morgan fingerprint density at radius 1 is 1.05 bits per heavy atom. The average Bonchev–Trinajstić information content (AvgIpc) is 2.54. The zero-order chi connectivity index (χ0) is 16.4. The van der Waals surface area contributed by atoms with Gasteiger partial charge in [0.1, 0.15) is 11.2 Å². The van der Waals surface area contributed by atoms with E-state index < -0.39 is 11.2 Å². The zero-order valence-corrected chi connectivity index (χ0v) is 13.9. The van der Waals surface area contributed by atoms with E-state index >= 15 is 0 Å². The molecule has 0 spiro atoms. The summed E-state index contributed by atoms with van der Waals surface area (Å²) in [4.78, 5) is 25.4. The second-order valence-electron chi connectivity index (χ2n) is 7.60. The summed E-state index contributed by atoms with van der Waals surface area (Å²) >= 11 is 0. The minimum Gasteiger partial charge on any atom is -0.460 e. The molecule has 0 aliphatic carbocycles. The first-order chi connectivity index (χ1) is 9.37. The lowest BCUT2D eigenvalue weighted by Crippen LogP contribution is -2.36. The highest BCUT2D eigenvalue weighted by molar-refractivity contribution is 5.71. The number of carbonyl (C=O) groups is 2. The van der Waals surface area contributed by atoms with Crippen LogP contribution in [-0.4, -0.2) is 47.3 Å². The molecule has 6 heteroatoms. The van der Waals surface area contributed by atoms with Crippen molar-refractivity contribution in [3.63, 3.8) is 0 Å². The third-order valence-corrected chi connectivity index (χ3v) is 2.99. The molecule has 0 radical (unpaired) electrons. The molecule has 0 bridgehead atoms. The van der Waals surface area contributed by atoms with Gasteiger partial charge in [-0.25, -0.2) is 4.79 Å². The molecule has 122 valence electrons. The number of likely N-dealkylation sites (tertiary alicyclic amines) is 1. The fourth-order valence-electron chi connectivity index (χ4n) is 2.19. The fraction of sp³-hybridized carbons (Fsp3) is 0.867. The van der Waals surface area contributed by atoms with E-state index in [0.29, 0.717) is 13.1 Å². The van der Waals surface area contributed by atoms with Crippen molar-refractivity contribution in [1.82, 2.24) is 4.90 Å².